The van der Waals surface area contributed by atoms with Gasteiger partial charge in [0.05, 0.1) is 10.7 Å². The molecule has 0 aliphatic rings. The van der Waals surface area contributed by atoms with Crippen LogP contribution in [-0.2, 0) is 6.42 Å². The lowest BCUT2D eigenvalue weighted by molar-refractivity contribution is 0.102. The van der Waals surface area contributed by atoms with Crippen molar-refractivity contribution in [2.24, 2.45) is 5.73 Å². The fraction of sp³-hybridized carbons (Fsp3) is 0.412. The van der Waals surface area contributed by atoms with Gasteiger partial charge in [-0.05, 0) is 45.3 Å². The standard InChI is InChI=1S/C17H24N4O2S.2ClH/c1-12-4-5-13(15(10-12)23-9-8-21(2)3)20-17(22)14-11-24-16(19-14)6-7-18;;/h4-5,10-11H,6-9,18H2,1-3H3,(H,20,22);2*1H. The number of amides is 1. The summed E-state index contributed by atoms with van der Waals surface area (Å²) in [7, 11) is 3.98. The van der Waals surface area contributed by atoms with E-state index in [-0.39, 0.29) is 30.7 Å². The number of rotatable bonds is 8. The number of hydrogen-bond acceptors (Lipinski definition) is 6. The molecule has 1 aromatic heterocycles. The molecule has 1 heterocycles. The third kappa shape index (κ3) is 7.47. The fourth-order valence-corrected chi connectivity index (χ4v) is 2.82. The molecular weight excluding hydrogens is 395 g/mol. The third-order valence-corrected chi connectivity index (χ3v) is 4.23. The second-order valence-corrected chi connectivity index (χ2v) is 6.71. The first-order valence-corrected chi connectivity index (χ1v) is 8.71. The van der Waals surface area contributed by atoms with Gasteiger partial charge in [-0.25, -0.2) is 4.98 Å². The number of benzene rings is 1. The number of aromatic nitrogens is 1. The predicted molar refractivity (Wildman–Crippen MR) is 113 cm³/mol. The lowest BCUT2D eigenvalue weighted by atomic mass is 10.2. The molecule has 2 aromatic rings. The van der Waals surface area contributed by atoms with Crippen LogP contribution in [0.3, 0.4) is 0 Å². The summed E-state index contributed by atoms with van der Waals surface area (Å²) >= 11 is 1.45. The van der Waals surface area contributed by atoms with Gasteiger partial charge < -0.3 is 20.7 Å². The van der Waals surface area contributed by atoms with E-state index < -0.39 is 0 Å². The Kier molecular flexibility index (Phi) is 11.4. The average molecular weight is 421 g/mol. The molecule has 1 amide bonds. The Labute approximate surface area is 170 Å². The summed E-state index contributed by atoms with van der Waals surface area (Å²) in [6.07, 6.45) is 0.682. The molecular formula is C17H26Cl2N4O2S. The molecule has 2 rings (SSSR count). The summed E-state index contributed by atoms with van der Waals surface area (Å²) in [6.45, 7) is 3.87. The van der Waals surface area contributed by atoms with Crippen LogP contribution in [0.1, 0.15) is 21.1 Å². The first-order valence-electron chi connectivity index (χ1n) is 7.83. The van der Waals surface area contributed by atoms with Gasteiger partial charge in [0.25, 0.3) is 5.91 Å². The van der Waals surface area contributed by atoms with E-state index in [4.69, 9.17) is 10.5 Å². The van der Waals surface area contributed by atoms with Gasteiger partial charge >= 0.3 is 0 Å². The van der Waals surface area contributed by atoms with Crippen molar-refractivity contribution in [1.82, 2.24) is 9.88 Å². The van der Waals surface area contributed by atoms with Crippen molar-refractivity contribution in [3.63, 3.8) is 0 Å². The number of thiazole rings is 1. The molecule has 0 saturated heterocycles. The molecule has 26 heavy (non-hydrogen) atoms. The molecule has 6 nitrogen and oxygen atoms in total. The third-order valence-electron chi connectivity index (χ3n) is 3.32. The van der Waals surface area contributed by atoms with Gasteiger partial charge in [0.1, 0.15) is 18.1 Å². The number of anilines is 1. The number of halogens is 2. The molecule has 1 aromatic carbocycles. The Morgan fingerprint density at radius 3 is 2.73 bits per heavy atom. The van der Waals surface area contributed by atoms with Crippen molar-refractivity contribution in [2.75, 3.05) is 39.1 Å². The van der Waals surface area contributed by atoms with Crippen molar-refractivity contribution in [2.45, 2.75) is 13.3 Å². The molecule has 0 saturated carbocycles. The highest BCUT2D eigenvalue weighted by Gasteiger charge is 2.13. The van der Waals surface area contributed by atoms with Gasteiger partial charge in [-0.1, -0.05) is 6.07 Å². The molecule has 0 fully saturated rings. The molecule has 0 unspecified atom stereocenters. The number of carbonyl (C=O) groups is 1. The van der Waals surface area contributed by atoms with Gasteiger partial charge in [0, 0.05) is 18.3 Å². The molecule has 0 atom stereocenters. The van der Waals surface area contributed by atoms with Crippen molar-refractivity contribution in [1.29, 1.82) is 0 Å². The normalized spacial score (nSPS) is 10.0. The number of carbonyl (C=O) groups excluding carboxylic acids is 1. The van der Waals surface area contributed by atoms with Crippen LogP contribution in [0, 0.1) is 6.92 Å². The number of aryl methyl sites for hydroxylation is 1. The van der Waals surface area contributed by atoms with Crippen LogP contribution in [0.4, 0.5) is 5.69 Å². The van der Waals surface area contributed by atoms with E-state index in [1.54, 1.807) is 5.38 Å². The van der Waals surface area contributed by atoms with Crippen molar-refractivity contribution >= 4 is 47.7 Å². The summed E-state index contributed by atoms with van der Waals surface area (Å²) in [4.78, 5) is 18.7. The highest BCUT2D eigenvalue weighted by molar-refractivity contribution is 7.09. The molecule has 0 bridgehead atoms. The predicted octanol–water partition coefficient (Wildman–Crippen LogP) is 2.99. The number of likely N-dealkylation sites (N-methyl/N-ethyl adjacent to an activating group) is 1. The number of nitrogens with two attached hydrogens (primary N) is 1. The Balaban J connectivity index is 0.00000312. The molecule has 0 aliphatic heterocycles. The highest BCUT2D eigenvalue weighted by atomic mass is 35.5. The number of ether oxygens (including phenoxy) is 1. The van der Waals surface area contributed by atoms with Crippen molar-refractivity contribution < 1.29 is 9.53 Å². The molecule has 146 valence electrons. The largest absolute Gasteiger partial charge is 0.490 e. The number of hydrogen-bond donors (Lipinski definition) is 2. The highest BCUT2D eigenvalue weighted by Crippen LogP contribution is 2.26. The lowest BCUT2D eigenvalue weighted by Gasteiger charge is -2.15. The minimum atomic E-state index is -0.240. The summed E-state index contributed by atoms with van der Waals surface area (Å²) in [5.74, 6) is 0.429. The topological polar surface area (TPSA) is 80.5 Å². The van der Waals surface area contributed by atoms with Crippen LogP contribution < -0.4 is 15.8 Å². The Bertz CT molecular complexity index is 695. The quantitative estimate of drug-likeness (QED) is 0.685. The second kappa shape index (κ2) is 12.1. The lowest BCUT2D eigenvalue weighted by Crippen LogP contribution is -2.20. The van der Waals surface area contributed by atoms with Crippen LogP contribution in [-0.4, -0.2) is 49.6 Å². The van der Waals surface area contributed by atoms with E-state index in [1.807, 2.05) is 44.1 Å². The second-order valence-electron chi connectivity index (χ2n) is 5.77. The van der Waals surface area contributed by atoms with Crippen molar-refractivity contribution in [3.05, 3.63) is 39.8 Å². The van der Waals surface area contributed by atoms with Crippen LogP contribution in [0.5, 0.6) is 5.75 Å². The Morgan fingerprint density at radius 2 is 2.08 bits per heavy atom. The van der Waals surface area contributed by atoms with Gasteiger partial charge in [0.15, 0.2) is 0 Å². The van der Waals surface area contributed by atoms with E-state index in [2.05, 4.69) is 10.3 Å². The first-order chi connectivity index (χ1) is 11.5. The minimum Gasteiger partial charge on any atom is -0.490 e. The van der Waals surface area contributed by atoms with E-state index >= 15 is 0 Å². The summed E-state index contributed by atoms with van der Waals surface area (Å²) < 4.78 is 5.82. The molecule has 3 N–H and O–H groups in total. The van der Waals surface area contributed by atoms with Crippen LogP contribution >= 0.6 is 36.2 Å². The Morgan fingerprint density at radius 1 is 1.35 bits per heavy atom. The summed E-state index contributed by atoms with van der Waals surface area (Å²) in [5.41, 5.74) is 7.65. The van der Waals surface area contributed by atoms with Crippen LogP contribution in [0.25, 0.3) is 0 Å². The maximum atomic E-state index is 12.4. The van der Waals surface area contributed by atoms with Crippen LogP contribution in [0.15, 0.2) is 23.6 Å². The first kappa shape index (κ1) is 24.6. The molecule has 0 spiro atoms. The van der Waals surface area contributed by atoms with Gasteiger partial charge in [-0.3, -0.25) is 4.79 Å². The smallest absolute Gasteiger partial charge is 0.275 e. The van der Waals surface area contributed by atoms with E-state index in [1.165, 1.54) is 11.3 Å². The zero-order chi connectivity index (χ0) is 17.5. The maximum absolute atomic E-state index is 12.4. The Hall–Kier alpha value is -1.38. The number of nitrogens with one attached hydrogen (secondary N) is 1. The van der Waals surface area contributed by atoms with Gasteiger partial charge in [-0.2, -0.15) is 0 Å². The van der Waals surface area contributed by atoms with Crippen LogP contribution in [0.2, 0.25) is 0 Å². The SMILES string of the molecule is Cc1ccc(NC(=O)c2csc(CCN)n2)c(OCCN(C)C)c1.Cl.Cl. The van der Waals surface area contributed by atoms with Crippen molar-refractivity contribution in [3.8, 4) is 5.75 Å². The zero-order valence-electron chi connectivity index (χ0n) is 15.2. The minimum absolute atomic E-state index is 0. The van der Waals surface area contributed by atoms with E-state index in [0.717, 1.165) is 17.1 Å². The monoisotopic (exact) mass is 420 g/mol. The average Bonchev–Trinajstić information content (AvgIpc) is 2.98. The zero-order valence-corrected chi connectivity index (χ0v) is 17.6. The summed E-state index contributed by atoms with van der Waals surface area (Å²) in [6, 6.07) is 5.72. The van der Waals surface area contributed by atoms with Gasteiger partial charge in [0.2, 0.25) is 0 Å². The molecule has 9 heteroatoms. The summed E-state index contributed by atoms with van der Waals surface area (Å²) in [5, 5.41) is 5.50. The molecule has 0 aliphatic carbocycles. The van der Waals surface area contributed by atoms with E-state index in [0.29, 0.717) is 36.7 Å². The fourth-order valence-electron chi connectivity index (χ4n) is 2.03. The van der Waals surface area contributed by atoms with Gasteiger partial charge in [-0.15, -0.1) is 36.2 Å². The van der Waals surface area contributed by atoms with E-state index in [9.17, 15) is 4.79 Å². The number of nitrogens with zero attached hydrogens (tertiary/aromatic N) is 2. The molecule has 0 radical (unpaired) electrons. The maximum Gasteiger partial charge on any atom is 0.275 e.